The van der Waals surface area contributed by atoms with Crippen LogP contribution in [0.2, 0.25) is 5.02 Å². The Morgan fingerprint density at radius 1 is 1.29 bits per heavy atom. The second-order valence-corrected chi connectivity index (χ2v) is 7.41. The zero-order valence-corrected chi connectivity index (χ0v) is 13.1. The quantitative estimate of drug-likeness (QED) is 0.841. The SMILES string of the molecule is NC(=S)c1ccc(NC(=O)C2C3C4CCC(C4)C23)c(Cl)c1. The molecule has 0 spiro atoms. The molecule has 3 nitrogen and oxygen atoms in total. The number of carbonyl (C=O) groups excluding carboxylic acids is 1. The highest BCUT2D eigenvalue weighted by atomic mass is 35.5. The Morgan fingerprint density at radius 3 is 2.52 bits per heavy atom. The van der Waals surface area contributed by atoms with Crippen LogP contribution in [0.1, 0.15) is 24.8 Å². The topological polar surface area (TPSA) is 55.1 Å². The van der Waals surface area contributed by atoms with E-state index in [9.17, 15) is 4.79 Å². The summed E-state index contributed by atoms with van der Waals surface area (Å²) in [5, 5.41) is 3.47. The molecule has 0 radical (unpaired) electrons. The summed E-state index contributed by atoms with van der Waals surface area (Å²) in [7, 11) is 0. The fourth-order valence-electron chi connectivity index (χ4n) is 4.66. The van der Waals surface area contributed by atoms with E-state index >= 15 is 0 Å². The minimum absolute atomic E-state index is 0.131. The Morgan fingerprint density at radius 2 is 1.95 bits per heavy atom. The molecule has 4 unspecified atom stereocenters. The molecule has 0 heterocycles. The van der Waals surface area contributed by atoms with Gasteiger partial charge < -0.3 is 11.1 Å². The van der Waals surface area contributed by atoms with E-state index in [1.807, 2.05) is 0 Å². The molecule has 3 saturated carbocycles. The molecule has 0 aliphatic heterocycles. The number of nitrogens with one attached hydrogen (secondary N) is 1. The molecule has 5 heteroatoms. The Balaban J connectivity index is 1.47. The van der Waals surface area contributed by atoms with Gasteiger partial charge in [-0.2, -0.15) is 0 Å². The highest BCUT2D eigenvalue weighted by molar-refractivity contribution is 7.80. The summed E-state index contributed by atoms with van der Waals surface area (Å²) < 4.78 is 0. The van der Waals surface area contributed by atoms with Crippen LogP contribution in [0.3, 0.4) is 0 Å². The van der Waals surface area contributed by atoms with Crippen LogP contribution in [-0.2, 0) is 4.79 Å². The third kappa shape index (κ3) is 2.08. The molecule has 1 aromatic rings. The number of hydrogen-bond donors (Lipinski definition) is 2. The second kappa shape index (κ2) is 4.68. The van der Waals surface area contributed by atoms with Gasteiger partial charge in [0.25, 0.3) is 0 Å². The van der Waals surface area contributed by atoms with Gasteiger partial charge in [-0.05, 0) is 61.1 Å². The third-order valence-electron chi connectivity index (χ3n) is 5.55. The van der Waals surface area contributed by atoms with Gasteiger partial charge in [0.15, 0.2) is 0 Å². The molecule has 1 amide bonds. The average molecular weight is 321 g/mol. The number of carbonyl (C=O) groups is 1. The first-order valence-electron chi connectivity index (χ1n) is 7.46. The minimum atomic E-state index is 0.131. The lowest BCUT2D eigenvalue weighted by atomic mass is 10.0. The maximum Gasteiger partial charge on any atom is 0.228 e. The predicted molar refractivity (Wildman–Crippen MR) is 87.3 cm³/mol. The molecule has 3 N–H and O–H groups in total. The number of fused-ring (bicyclic) bond motifs is 5. The zero-order chi connectivity index (χ0) is 14.7. The number of nitrogens with two attached hydrogens (primary N) is 1. The monoisotopic (exact) mass is 320 g/mol. The molecule has 1 aromatic carbocycles. The molecular formula is C16H17ClN2OS. The van der Waals surface area contributed by atoms with Crippen LogP contribution in [0.15, 0.2) is 18.2 Å². The van der Waals surface area contributed by atoms with Crippen molar-refractivity contribution in [1.82, 2.24) is 0 Å². The summed E-state index contributed by atoms with van der Waals surface area (Å²) in [4.78, 5) is 12.8. The van der Waals surface area contributed by atoms with Gasteiger partial charge in [0.1, 0.15) is 4.99 Å². The molecule has 0 saturated heterocycles. The van der Waals surface area contributed by atoms with Gasteiger partial charge in [0.2, 0.25) is 5.91 Å². The first kappa shape index (κ1) is 13.5. The van der Waals surface area contributed by atoms with Gasteiger partial charge in [0.05, 0.1) is 10.7 Å². The zero-order valence-electron chi connectivity index (χ0n) is 11.5. The maximum absolute atomic E-state index is 12.5. The van der Waals surface area contributed by atoms with Crippen molar-refractivity contribution in [2.24, 2.45) is 35.3 Å². The number of halogens is 1. The highest BCUT2D eigenvalue weighted by Gasteiger charge is 2.67. The molecule has 4 atom stereocenters. The molecule has 0 aromatic heterocycles. The van der Waals surface area contributed by atoms with E-state index in [1.54, 1.807) is 18.2 Å². The van der Waals surface area contributed by atoms with Gasteiger partial charge in [-0.25, -0.2) is 0 Å². The first-order chi connectivity index (χ1) is 10.1. The molecule has 3 aliphatic carbocycles. The number of anilines is 1. The van der Waals surface area contributed by atoms with E-state index < -0.39 is 0 Å². The lowest BCUT2D eigenvalue weighted by molar-refractivity contribution is -0.118. The highest BCUT2D eigenvalue weighted by Crippen LogP contribution is 2.69. The first-order valence-corrected chi connectivity index (χ1v) is 8.25. The molecule has 21 heavy (non-hydrogen) atoms. The van der Waals surface area contributed by atoms with Crippen molar-refractivity contribution in [1.29, 1.82) is 0 Å². The summed E-state index contributed by atoms with van der Waals surface area (Å²) in [6.45, 7) is 0. The largest absolute Gasteiger partial charge is 0.389 e. The number of benzene rings is 1. The Bertz CT molecular complexity index is 631. The van der Waals surface area contributed by atoms with E-state index in [4.69, 9.17) is 29.6 Å². The van der Waals surface area contributed by atoms with E-state index in [0.717, 1.165) is 11.8 Å². The van der Waals surface area contributed by atoms with Crippen LogP contribution in [0, 0.1) is 29.6 Å². The molecule has 2 bridgehead atoms. The van der Waals surface area contributed by atoms with Crippen molar-refractivity contribution in [3.05, 3.63) is 28.8 Å². The summed E-state index contributed by atoms with van der Waals surface area (Å²) >= 11 is 11.1. The number of thiocarbonyl (C=S) groups is 1. The Kier molecular flexibility index (Phi) is 3.02. The van der Waals surface area contributed by atoms with Crippen molar-refractivity contribution in [3.63, 3.8) is 0 Å². The molecule has 4 rings (SSSR count). The summed E-state index contributed by atoms with van der Waals surface area (Å²) in [5.41, 5.74) is 6.95. The van der Waals surface area contributed by atoms with Crippen molar-refractivity contribution in [2.75, 3.05) is 5.32 Å². The lowest BCUT2D eigenvalue weighted by Gasteiger charge is -2.11. The van der Waals surface area contributed by atoms with Crippen molar-refractivity contribution >= 4 is 40.4 Å². The van der Waals surface area contributed by atoms with Crippen LogP contribution in [0.25, 0.3) is 0 Å². The van der Waals surface area contributed by atoms with Crippen molar-refractivity contribution in [3.8, 4) is 0 Å². The van der Waals surface area contributed by atoms with Gasteiger partial charge in [-0.15, -0.1) is 0 Å². The average Bonchev–Trinajstić information content (AvgIpc) is 2.89. The van der Waals surface area contributed by atoms with Crippen molar-refractivity contribution < 1.29 is 4.79 Å². The molecular weight excluding hydrogens is 304 g/mol. The smallest absolute Gasteiger partial charge is 0.228 e. The van der Waals surface area contributed by atoms with E-state index in [2.05, 4.69) is 5.32 Å². The number of hydrogen-bond acceptors (Lipinski definition) is 2. The summed E-state index contributed by atoms with van der Waals surface area (Å²) in [6, 6.07) is 5.28. The lowest BCUT2D eigenvalue weighted by Crippen LogP contribution is -2.19. The minimum Gasteiger partial charge on any atom is -0.389 e. The van der Waals surface area contributed by atoms with Gasteiger partial charge in [-0.1, -0.05) is 23.8 Å². The number of amides is 1. The van der Waals surface area contributed by atoms with E-state index in [-0.39, 0.29) is 11.8 Å². The van der Waals surface area contributed by atoms with Gasteiger partial charge >= 0.3 is 0 Å². The van der Waals surface area contributed by atoms with E-state index in [1.165, 1.54) is 19.3 Å². The Hall–Kier alpha value is -1.13. The standard InChI is InChI=1S/C16H17ClN2OS/c17-10-6-9(15(18)21)3-4-11(10)19-16(20)14-12-7-1-2-8(5-7)13(12)14/h3-4,6-8,12-14H,1-2,5H2,(H2,18,21)(H,19,20). The van der Waals surface area contributed by atoms with Crippen LogP contribution < -0.4 is 11.1 Å². The molecule has 3 aliphatic rings. The molecule has 110 valence electrons. The summed E-state index contributed by atoms with van der Waals surface area (Å²) in [6.07, 6.45) is 3.99. The van der Waals surface area contributed by atoms with Gasteiger partial charge in [-0.3, -0.25) is 4.79 Å². The Labute approximate surface area is 134 Å². The molecule has 3 fully saturated rings. The fraction of sp³-hybridized carbons (Fsp3) is 0.500. The van der Waals surface area contributed by atoms with Crippen LogP contribution in [0.5, 0.6) is 0 Å². The normalized spacial score (nSPS) is 35.4. The van der Waals surface area contributed by atoms with Crippen LogP contribution >= 0.6 is 23.8 Å². The van der Waals surface area contributed by atoms with E-state index in [0.29, 0.717) is 33.1 Å². The van der Waals surface area contributed by atoms with Crippen LogP contribution in [0.4, 0.5) is 5.69 Å². The third-order valence-corrected chi connectivity index (χ3v) is 6.10. The van der Waals surface area contributed by atoms with Crippen LogP contribution in [-0.4, -0.2) is 10.9 Å². The maximum atomic E-state index is 12.5. The fourth-order valence-corrected chi connectivity index (χ4v) is 5.02. The number of rotatable bonds is 3. The predicted octanol–water partition coefficient (Wildman–Crippen LogP) is 3.20. The van der Waals surface area contributed by atoms with Gasteiger partial charge in [0, 0.05) is 11.5 Å². The second-order valence-electron chi connectivity index (χ2n) is 6.56. The van der Waals surface area contributed by atoms with Crippen molar-refractivity contribution in [2.45, 2.75) is 19.3 Å². The summed E-state index contributed by atoms with van der Waals surface area (Å²) in [5.74, 6) is 3.21.